The first-order valence-electron chi connectivity index (χ1n) is 9.48. The van der Waals surface area contributed by atoms with Gasteiger partial charge in [0.05, 0.1) is 12.2 Å². The van der Waals surface area contributed by atoms with Gasteiger partial charge in [-0.05, 0) is 80.0 Å². The zero-order valence-corrected chi connectivity index (χ0v) is 14.8. The van der Waals surface area contributed by atoms with Gasteiger partial charge in [0.25, 0.3) is 0 Å². The lowest BCUT2D eigenvalue weighted by molar-refractivity contribution is -0.122. The third kappa shape index (κ3) is 2.69. The molecular weight excluding hydrogens is 288 g/mol. The molecule has 3 aliphatic rings. The van der Waals surface area contributed by atoms with Gasteiger partial charge in [-0.3, -0.25) is 0 Å². The van der Waals surface area contributed by atoms with Crippen LogP contribution < -0.4 is 0 Å². The van der Waals surface area contributed by atoms with Crippen LogP contribution in [0.25, 0.3) is 0 Å². The molecule has 2 unspecified atom stereocenters. The normalized spacial score (nSPS) is 50.8. The van der Waals surface area contributed by atoms with Gasteiger partial charge in [-0.25, -0.2) is 0 Å². The molecule has 0 heterocycles. The molecule has 0 aliphatic heterocycles. The van der Waals surface area contributed by atoms with Gasteiger partial charge in [-0.1, -0.05) is 26.0 Å². The fourth-order valence-electron chi connectivity index (χ4n) is 6.29. The van der Waals surface area contributed by atoms with Gasteiger partial charge in [0.1, 0.15) is 0 Å². The molecule has 0 saturated heterocycles. The maximum Gasteiger partial charge on any atom is 0.0621 e. The Bertz CT molecular complexity index is 462. The summed E-state index contributed by atoms with van der Waals surface area (Å²) in [6.07, 6.45) is 6.83. The fraction of sp³-hybridized carbons (Fsp3) is 0.900. The molecule has 0 aromatic rings. The van der Waals surface area contributed by atoms with E-state index >= 15 is 0 Å². The molecule has 132 valence electrons. The summed E-state index contributed by atoms with van der Waals surface area (Å²) >= 11 is 0. The van der Waals surface area contributed by atoms with E-state index in [4.69, 9.17) is 0 Å². The van der Waals surface area contributed by atoms with Gasteiger partial charge in [-0.15, -0.1) is 0 Å². The predicted octanol–water partition coefficient (Wildman–Crippen LogP) is 3.28. The lowest BCUT2D eigenvalue weighted by Gasteiger charge is -2.55. The van der Waals surface area contributed by atoms with Crippen LogP contribution in [0, 0.1) is 28.6 Å². The average molecular weight is 322 g/mol. The van der Waals surface area contributed by atoms with Gasteiger partial charge >= 0.3 is 0 Å². The van der Waals surface area contributed by atoms with Crippen molar-refractivity contribution in [2.75, 3.05) is 6.61 Å². The summed E-state index contributed by atoms with van der Waals surface area (Å²) in [5.74, 6) is 1.51. The highest BCUT2D eigenvalue weighted by atomic mass is 16.3. The minimum absolute atomic E-state index is 0.121. The van der Waals surface area contributed by atoms with E-state index in [1.807, 2.05) is 0 Å². The molecule has 0 bridgehead atoms. The molecule has 3 nitrogen and oxygen atoms in total. The number of fused-ring (bicyclic) bond motifs is 1. The van der Waals surface area contributed by atoms with Gasteiger partial charge in [0, 0.05) is 6.61 Å². The Kier molecular flexibility index (Phi) is 4.67. The third-order valence-electron chi connectivity index (χ3n) is 7.97. The third-order valence-corrected chi connectivity index (χ3v) is 7.97. The number of hydrogen-bond donors (Lipinski definition) is 3. The standard InChI is InChI=1S/C20H34O3/c1-13-4-5-16-15(8-11-21)17(7-10-19(13,16)2)20(3)9-6-14(22)12-18(20)23/h14-18,21-23H,1,4-12H2,2-3H3/t14-,15-,16?,17?,18-,19+,20+/m0/s1. The molecule has 0 amide bonds. The Hall–Kier alpha value is -0.380. The summed E-state index contributed by atoms with van der Waals surface area (Å²) in [6, 6.07) is 0. The van der Waals surface area contributed by atoms with E-state index in [-0.39, 0.29) is 23.5 Å². The SMILES string of the molecule is C=C1CCC2[C@H](CCO)C([C@@]3(C)CC[C@H](O)C[C@@H]3O)CC[C@]12C. The van der Waals surface area contributed by atoms with Crippen LogP contribution in [0.15, 0.2) is 12.2 Å². The van der Waals surface area contributed by atoms with Crippen LogP contribution in [-0.2, 0) is 0 Å². The first-order valence-corrected chi connectivity index (χ1v) is 9.48. The Labute approximate surface area is 140 Å². The number of allylic oxidation sites excluding steroid dienone is 1. The highest BCUT2D eigenvalue weighted by Gasteiger charge is 2.56. The van der Waals surface area contributed by atoms with Crippen LogP contribution in [0.4, 0.5) is 0 Å². The molecule has 3 aliphatic carbocycles. The molecule has 3 heteroatoms. The second kappa shape index (κ2) is 6.16. The monoisotopic (exact) mass is 322 g/mol. The number of hydrogen-bond acceptors (Lipinski definition) is 3. The van der Waals surface area contributed by atoms with Crippen molar-refractivity contribution in [3.8, 4) is 0 Å². The van der Waals surface area contributed by atoms with E-state index in [1.54, 1.807) is 0 Å². The first kappa shape index (κ1) is 17.4. The lowest BCUT2D eigenvalue weighted by Crippen LogP contribution is -2.52. The lowest BCUT2D eigenvalue weighted by atomic mass is 9.50. The zero-order chi connectivity index (χ0) is 16.8. The maximum atomic E-state index is 10.8. The Balaban J connectivity index is 1.88. The largest absolute Gasteiger partial charge is 0.396 e. The molecule has 3 rings (SSSR count). The van der Waals surface area contributed by atoms with E-state index < -0.39 is 6.10 Å². The molecule has 3 saturated carbocycles. The van der Waals surface area contributed by atoms with Crippen LogP contribution in [0.5, 0.6) is 0 Å². The highest BCUT2D eigenvalue weighted by Crippen LogP contribution is 2.63. The van der Waals surface area contributed by atoms with Crippen molar-refractivity contribution in [3.05, 3.63) is 12.2 Å². The van der Waals surface area contributed by atoms with Crippen LogP contribution in [0.2, 0.25) is 0 Å². The van der Waals surface area contributed by atoms with Gasteiger partial charge in [0.2, 0.25) is 0 Å². The van der Waals surface area contributed by atoms with E-state index in [0.29, 0.717) is 24.2 Å². The average Bonchev–Trinajstić information content (AvgIpc) is 2.80. The molecule has 0 aromatic heterocycles. The van der Waals surface area contributed by atoms with E-state index in [9.17, 15) is 15.3 Å². The molecule has 0 aromatic carbocycles. The Morgan fingerprint density at radius 1 is 1.09 bits per heavy atom. The highest BCUT2D eigenvalue weighted by molar-refractivity contribution is 5.20. The molecule has 0 radical (unpaired) electrons. The van der Waals surface area contributed by atoms with E-state index in [0.717, 1.165) is 38.5 Å². The summed E-state index contributed by atoms with van der Waals surface area (Å²) in [5.41, 5.74) is 1.50. The molecule has 7 atom stereocenters. The molecule has 23 heavy (non-hydrogen) atoms. The Morgan fingerprint density at radius 2 is 1.83 bits per heavy atom. The molecule has 3 fully saturated rings. The minimum atomic E-state index is -0.425. The number of rotatable bonds is 3. The zero-order valence-electron chi connectivity index (χ0n) is 14.8. The van der Waals surface area contributed by atoms with Crippen molar-refractivity contribution in [1.82, 2.24) is 0 Å². The summed E-state index contributed by atoms with van der Waals surface area (Å²) in [6.45, 7) is 9.17. The summed E-state index contributed by atoms with van der Waals surface area (Å²) < 4.78 is 0. The summed E-state index contributed by atoms with van der Waals surface area (Å²) in [5, 5.41) is 30.3. The van der Waals surface area contributed by atoms with Crippen molar-refractivity contribution in [2.24, 2.45) is 28.6 Å². The molecular formula is C20H34O3. The smallest absolute Gasteiger partial charge is 0.0621 e. The second-order valence-electron chi connectivity index (χ2n) is 8.94. The van der Waals surface area contributed by atoms with Gasteiger partial charge in [-0.2, -0.15) is 0 Å². The number of aliphatic hydroxyl groups excluding tert-OH is 3. The van der Waals surface area contributed by atoms with Crippen LogP contribution >= 0.6 is 0 Å². The van der Waals surface area contributed by atoms with Crippen molar-refractivity contribution in [3.63, 3.8) is 0 Å². The Morgan fingerprint density at radius 3 is 2.48 bits per heavy atom. The van der Waals surface area contributed by atoms with Crippen LogP contribution in [0.3, 0.4) is 0 Å². The molecule has 3 N–H and O–H groups in total. The molecule has 0 spiro atoms. The van der Waals surface area contributed by atoms with E-state index in [2.05, 4.69) is 20.4 Å². The van der Waals surface area contributed by atoms with Crippen LogP contribution in [-0.4, -0.2) is 34.1 Å². The predicted molar refractivity (Wildman–Crippen MR) is 91.9 cm³/mol. The first-order chi connectivity index (χ1) is 10.8. The fourth-order valence-corrected chi connectivity index (χ4v) is 6.29. The topological polar surface area (TPSA) is 60.7 Å². The van der Waals surface area contributed by atoms with Crippen molar-refractivity contribution >= 4 is 0 Å². The van der Waals surface area contributed by atoms with E-state index in [1.165, 1.54) is 12.0 Å². The maximum absolute atomic E-state index is 10.8. The van der Waals surface area contributed by atoms with Crippen molar-refractivity contribution in [1.29, 1.82) is 0 Å². The van der Waals surface area contributed by atoms with Gasteiger partial charge < -0.3 is 15.3 Å². The summed E-state index contributed by atoms with van der Waals surface area (Å²) in [7, 11) is 0. The van der Waals surface area contributed by atoms with Crippen molar-refractivity contribution < 1.29 is 15.3 Å². The summed E-state index contributed by atoms with van der Waals surface area (Å²) in [4.78, 5) is 0. The minimum Gasteiger partial charge on any atom is -0.396 e. The second-order valence-corrected chi connectivity index (χ2v) is 8.94. The van der Waals surface area contributed by atoms with Crippen LogP contribution in [0.1, 0.15) is 65.2 Å². The number of aliphatic hydroxyl groups is 3. The van der Waals surface area contributed by atoms with Gasteiger partial charge in [0.15, 0.2) is 0 Å². The van der Waals surface area contributed by atoms with Crippen molar-refractivity contribution in [2.45, 2.75) is 77.4 Å². The quantitative estimate of drug-likeness (QED) is 0.699.